The van der Waals surface area contributed by atoms with Crippen LogP contribution in [0.4, 0.5) is 0 Å². The second kappa shape index (κ2) is 8.07. The molecule has 2 heterocycles. The number of hydrogen-bond donors (Lipinski definition) is 1. The largest absolute Gasteiger partial charge is 0.383 e. The van der Waals surface area contributed by atoms with Gasteiger partial charge in [0, 0.05) is 46.2 Å². The number of piperidine rings is 1. The Kier molecular flexibility index (Phi) is 6.12. The first-order valence-electron chi connectivity index (χ1n) is 7.68. The Morgan fingerprint density at radius 2 is 2.00 bits per heavy atom. The summed E-state index contributed by atoms with van der Waals surface area (Å²) in [4.78, 5) is 26.4. The summed E-state index contributed by atoms with van der Waals surface area (Å²) in [6, 6.07) is 1.80. The number of aromatic nitrogens is 2. The molecule has 1 aliphatic heterocycles. The van der Waals surface area contributed by atoms with Crippen molar-refractivity contribution in [1.82, 2.24) is 20.0 Å². The van der Waals surface area contributed by atoms with Gasteiger partial charge in [-0.1, -0.05) is 0 Å². The zero-order chi connectivity index (χ0) is 16.7. The first-order chi connectivity index (χ1) is 11.1. The van der Waals surface area contributed by atoms with Gasteiger partial charge in [-0.15, -0.1) is 0 Å². The molecule has 0 unspecified atom stereocenters. The van der Waals surface area contributed by atoms with Gasteiger partial charge in [-0.3, -0.25) is 14.3 Å². The first-order valence-corrected chi connectivity index (χ1v) is 7.68. The summed E-state index contributed by atoms with van der Waals surface area (Å²) < 4.78 is 11.6. The Bertz CT molecular complexity index is 510. The molecule has 1 N–H and O–H groups in total. The minimum Gasteiger partial charge on any atom is -0.383 e. The van der Waals surface area contributed by atoms with Crippen LogP contribution in [0.1, 0.15) is 12.8 Å². The van der Waals surface area contributed by atoms with Gasteiger partial charge in [-0.2, -0.15) is 5.10 Å². The molecule has 1 aromatic heterocycles. The van der Waals surface area contributed by atoms with E-state index in [4.69, 9.17) is 9.47 Å². The lowest BCUT2D eigenvalue weighted by Crippen LogP contribution is -2.56. The summed E-state index contributed by atoms with van der Waals surface area (Å²) in [7, 11) is 3.09. The second-order valence-electron chi connectivity index (χ2n) is 5.54. The zero-order valence-electron chi connectivity index (χ0n) is 13.7. The van der Waals surface area contributed by atoms with Crippen LogP contribution >= 0.6 is 0 Å². The average molecular weight is 324 g/mol. The highest BCUT2D eigenvalue weighted by Crippen LogP contribution is 2.30. The third-order valence-electron chi connectivity index (χ3n) is 4.17. The molecule has 0 atom stereocenters. The Balaban J connectivity index is 2.09. The number of rotatable bonds is 7. The van der Waals surface area contributed by atoms with Crippen molar-refractivity contribution in [1.29, 1.82) is 0 Å². The molecule has 1 fully saturated rings. The summed E-state index contributed by atoms with van der Waals surface area (Å²) in [6.45, 7) is 1.97. The fourth-order valence-corrected chi connectivity index (χ4v) is 2.85. The van der Waals surface area contributed by atoms with E-state index in [0.717, 1.165) is 0 Å². The van der Waals surface area contributed by atoms with Crippen molar-refractivity contribution < 1.29 is 19.1 Å². The van der Waals surface area contributed by atoms with Crippen molar-refractivity contribution in [2.24, 2.45) is 0 Å². The van der Waals surface area contributed by atoms with Crippen molar-refractivity contribution >= 4 is 11.8 Å². The summed E-state index contributed by atoms with van der Waals surface area (Å²) in [5.41, 5.74) is -0.763. The number of amides is 2. The molecular formula is C15H24N4O4. The third-order valence-corrected chi connectivity index (χ3v) is 4.17. The Hall–Kier alpha value is -1.93. The molecule has 8 heteroatoms. The number of ether oxygens (including phenoxy) is 2. The molecule has 0 aliphatic carbocycles. The molecule has 1 aromatic rings. The Labute approximate surface area is 135 Å². The lowest BCUT2D eigenvalue weighted by atomic mass is 9.86. The SMILES string of the molecule is COCCNC(=O)C1(n2cccn2)CCN(C(=O)COC)CC1. The first kappa shape index (κ1) is 17.4. The van der Waals surface area contributed by atoms with Crippen molar-refractivity contribution in [3.8, 4) is 0 Å². The molecule has 0 aromatic carbocycles. The fourth-order valence-electron chi connectivity index (χ4n) is 2.85. The molecule has 2 amide bonds. The molecular weight excluding hydrogens is 300 g/mol. The van der Waals surface area contributed by atoms with E-state index in [0.29, 0.717) is 39.1 Å². The van der Waals surface area contributed by atoms with Crippen molar-refractivity contribution in [3.05, 3.63) is 18.5 Å². The number of nitrogens with zero attached hydrogens (tertiary/aromatic N) is 3. The van der Waals surface area contributed by atoms with Crippen LogP contribution in [0.15, 0.2) is 18.5 Å². The minimum atomic E-state index is -0.763. The third kappa shape index (κ3) is 3.89. The summed E-state index contributed by atoms with van der Waals surface area (Å²) in [6.07, 6.45) is 4.49. The van der Waals surface area contributed by atoms with E-state index in [1.165, 1.54) is 7.11 Å². The maximum absolute atomic E-state index is 12.7. The van der Waals surface area contributed by atoms with E-state index in [1.807, 2.05) is 0 Å². The normalized spacial score (nSPS) is 17.0. The average Bonchev–Trinajstić information content (AvgIpc) is 3.10. The lowest BCUT2D eigenvalue weighted by Gasteiger charge is -2.40. The molecule has 2 rings (SSSR count). The monoisotopic (exact) mass is 324 g/mol. The summed E-state index contributed by atoms with van der Waals surface area (Å²) in [5.74, 6) is -0.140. The van der Waals surface area contributed by atoms with Gasteiger partial charge in [0.2, 0.25) is 11.8 Å². The van der Waals surface area contributed by atoms with Crippen molar-refractivity contribution in [2.45, 2.75) is 18.4 Å². The van der Waals surface area contributed by atoms with Crippen LogP contribution in [0.25, 0.3) is 0 Å². The number of methoxy groups -OCH3 is 2. The summed E-state index contributed by atoms with van der Waals surface area (Å²) in [5, 5.41) is 7.16. The number of carbonyl (C=O) groups excluding carboxylic acids is 2. The van der Waals surface area contributed by atoms with E-state index >= 15 is 0 Å². The van der Waals surface area contributed by atoms with Crippen LogP contribution in [-0.2, 0) is 24.6 Å². The van der Waals surface area contributed by atoms with Crippen LogP contribution in [-0.4, -0.2) is 73.6 Å². The molecule has 0 radical (unpaired) electrons. The topological polar surface area (TPSA) is 85.7 Å². The molecule has 1 saturated heterocycles. The van der Waals surface area contributed by atoms with E-state index in [1.54, 1.807) is 35.2 Å². The van der Waals surface area contributed by atoms with Crippen LogP contribution in [0.3, 0.4) is 0 Å². The smallest absolute Gasteiger partial charge is 0.248 e. The maximum Gasteiger partial charge on any atom is 0.248 e. The quantitative estimate of drug-likeness (QED) is 0.691. The molecule has 0 saturated carbocycles. The standard InChI is InChI=1S/C15H24N4O4/c1-22-11-7-16-14(21)15(19-8-3-6-17-19)4-9-18(10-5-15)13(20)12-23-2/h3,6,8H,4-5,7,9-12H2,1-2H3,(H,16,21). The van der Waals surface area contributed by atoms with Crippen LogP contribution in [0, 0.1) is 0 Å². The highest BCUT2D eigenvalue weighted by atomic mass is 16.5. The predicted octanol–water partition coefficient (Wildman–Crippen LogP) is -0.390. The van der Waals surface area contributed by atoms with Gasteiger partial charge in [0.25, 0.3) is 0 Å². The van der Waals surface area contributed by atoms with Gasteiger partial charge < -0.3 is 19.7 Å². The van der Waals surface area contributed by atoms with Crippen LogP contribution in [0.5, 0.6) is 0 Å². The number of hydrogen-bond acceptors (Lipinski definition) is 5. The van der Waals surface area contributed by atoms with Crippen molar-refractivity contribution in [2.75, 3.05) is 47.1 Å². The predicted molar refractivity (Wildman–Crippen MR) is 82.8 cm³/mol. The number of nitrogens with one attached hydrogen (secondary N) is 1. The van der Waals surface area contributed by atoms with Crippen molar-refractivity contribution in [3.63, 3.8) is 0 Å². The van der Waals surface area contributed by atoms with Crippen LogP contribution in [0.2, 0.25) is 0 Å². The van der Waals surface area contributed by atoms with Gasteiger partial charge in [-0.05, 0) is 18.9 Å². The fraction of sp³-hybridized carbons (Fsp3) is 0.667. The molecule has 1 aliphatic rings. The highest BCUT2D eigenvalue weighted by Gasteiger charge is 2.44. The molecule has 8 nitrogen and oxygen atoms in total. The van der Waals surface area contributed by atoms with E-state index < -0.39 is 5.54 Å². The number of likely N-dealkylation sites (tertiary alicyclic amines) is 1. The number of carbonyl (C=O) groups is 2. The Morgan fingerprint density at radius 1 is 1.26 bits per heavy atom. The van der Waals surface area contributed by atoms with Gasteiger partial charge in [0.05, 0.1) is 6.61 Å². The summed E-state index contributed by atoms with van der Waals surface area (Å²) >= 11 is 0. The second-order valence-corrected chi connectivity index (χ2v) is 5.54. The highest BCUT2D eigenvalue weighted by molar-refractivity contribution is 5.85. The van der Waals surface area contributed by atoms with Gasteiger partial charge >= 0.3 is 0 Å². The van der Waals surface area contributed by atoms with Gasteiger partial charge in [0.15, 0.2) is 0 Å². The van der Waals surface area contributed by atoms with Gasteiger partial charge in [0.1, 0.15) is 12.1 Å². The molecule has 0 bridgehead atoms. The molecule has 0 spiro atoms. The molecule has 128 valence electrons. The van der Waals surface area contributed by atoms with Gasteiger partial charge in [-0.25, -0.2) is 0 Å². The van der Waals surface area contributed by atoms with E-state index in [-0.39, 0.29) is 18.4 Å². The maximum atomic E-state index is 12.7. The zero-order valence-corrected chi connectivity index (χ0v) is 13.7. The Morgan fingerprint density at radius 3 is 2.57 bits per heavy atom. The minimum absolute atomic E-state index is 0.0543. The van der Waals surface area contributed by atoms with E-state index in [9.17, 15) is 9.59 Å². The van der Waals surface area contributed by atoms with E-state index in [2.05, 4.69) is 10.4 Å². The van der Waals surface area contributed by atoms with Crippen LogP contribution < -0.4 is 5.32 Å². The molecule has 23 heavy (non-hydrogen) atoms. The lowest BCUT2D eigenvalue weighted by molar-refractivity contribution is -0.142.